The molecule has 1 saturated carbocycles. The van der Waals surface area contributed by atoms with E-state index in [1.54, 1.807) is 0 Å². The van der Waals surface area contributed by atoms with E-state index in [1.807, 2.05) is 0 Å². The molecule has 5 atom stereocenters. The number of ether oxygens (including phenoxy) is 1. The molecule has 3 aliphatic carbocycles. The van der Waals surface area contributed by atoms with Crippen molar-refractivity contribution in [1.82, 2.24) is 9.88 Å². The second kappa shape index (κ2) is 14.7. The zero-order valence-corrected chi connectivity index (χ0v) is 37.3. The standard InChI is InChI=1S/C63H45N3O2/c1-3-14-37(15-4-1)39-28-31-45-49(34-39)42-20-11-21-46(42)60-59(45)61(65-63(64-60)38-16-5-2-6-17-38)48-23-13-27-57-58(48)51-36-41(30-33-56(51)67-57)40-29-32-53-50(35-40)43-18-7-9-24-52(43)66(53)54-25-12-22-47-44-19-8-10-26-55(44)68-62(47)54/h1-10,12-19,22-36,42,46-47,61-62H,11,20-21H2,(H,64,65). The van der Waals surface area contributed by atoms with Gasteiger partial charge in [-0.25, -0.2) is 0 Å². The quantitative estimate of drug-likeness (QED) is 0.187. The molecule has 2 aromatic heterocycles. The molecule has 2 aliphatic heterocycles. The summed E-state index contributed by atoms with van der Waals surface area (Å²) in [4.78, 5) is 5.74. The second-order valence-corrected chi connectivity index (χ2v) is 19.2. The van der Waals surface area contributed by atoms with Gasteiger partial charge in [0.15, 0.2) is 0 Å². The summed E-state index contributed by atoms with van der Waals surface area (Å²) in [5.41, 5.74) is 19.0. The number of hydrogen-bond donors (Lipinski definition) is 1. The summed E-state index contributed by atoms with van der Waals surface area (Å²) < 4.78 is 15.9. The van der Waals surface area contributed by atoms with E-state index in [-0.39, 0.29) is 18.1 Å². The van der Waals surface area contributed by atoms with Crippen LogP contribution < -0.4 is 10.1 Å². The Morgan fingerprint density at radius 3 is 2.16 bits per heavy atom. The van der Waals surface area contributed by atoms with Crippen molar-refractivity contribution in [2.24, 2.45) is 10.9 Å². The number of amidine groups is 1. The summed E-state index contributed by atoms with van der Waals surface area (Å²) >= 11 is 0. The van der Waals surface area contributed by atoms with Gasteiger partial charge < -0.3 is 19.0 Å². The average Bonchev–Trinajstić information content (AvgIpc) is 4.21. The molecular weight excluding hydrogens is 831 g/mol. The highest BCUT2D eigenvalue weighted by Gasteiger charge is 2.44. The minimum atomic E-state index is -0.250. The molecule has 15 rings (SSSR count). The maximum absolute atomic E-state index is 6.77. The smallest absolute Gasteiger partial charge is 0.149 e. The van der Waals surface area contributed by atoms with Gasteiger partial charge in [0.05, 0.1) is 16.7 Å². The third-order valence-corrected chi connectivity index (χ3v) is 15.7. The van der Waals surface area contributed by atoms with Gasteiger partial charge >= 0.3 is 0 Å². The molecular formula is C63H45N3O2. The summed E-state index contributed by atoms with van der Waals surface area (Å²) in [5.74, 6) is 2.92. The first kappa shape index (κ1) is 38.0. The van der Waals surface area contributed by atoms with Gasteiger partial charge in [0.25, 0.3) is 0 Å². The van der Waals surface area contributed by atoms with E-state index in [9.17, 15) is 0 Å². The normalized spacial score (nSPS) is 21.2. The molecule has 0 radical (unpaired) electrons. The lowest BCUT2D eigenvalue weighted by molar-refractivity contribution is 0.272. The molecule has 5 heteroatoms. The Morgan fingerprint density at radius 2 is 1.26 bits per heavy atom. The van der Waals surface area contributed by atoms with E-state index in [2.05, 4.69) is 210 Å². The summed E-state index contributed by atoms with van der Waals surface area (Å²) in [7, 11) is 0. The molecule has 324 valence electrons. The third-order valence-electron chi connectivity index (χ3n) is 15.7. The van der Waals surface area contributed by atoms with E-state index in [0.29, 0.717) is 11.8 Å². The van der Waals surface area contributed by atoms with Crippen molar-refractivity contribution < 1.29 is 9.15 Å². The Hall–Kier alpha value is -8.15. The zero-order valence-electron chi connectivity index (χ0n) is 37.3. The number of nitrogens with one attached hydrogen (secondary N) is 1. The minimum absolute atomic E-state index is 0.101. The Bertz CT molecular complexity index is 3870. The van der Waals surface area contributed by atoms with Crippen LogP contribution in [0.25, 0.3) is 77.3 Å². The zero-order chi connectivity index (χ0) is 44.5. The summed E-state index contributed by atoms with van der Waals surface area (Å²) in [6.07, 6.45) is 10.2. The van der Waals surface area contributed by atoms with Crippen molar-refractivity contribution in [3.8, 4) is 28.0 Å². The number of hydrogen-bond acceptors (Lipinski definition) is 4. The Labute approximate surface area is 394 Å². The van der Waals surface area contributed by atoms with E-state index < -0.39 is 0 Å². The number of rotatable bonds is 5. The predicted octanol–water partition coefficient (Wildman–Crippen LogP) is 15.4. The molecule has 10 aromatic rings. The molecule has 8 aromatic carbocycles. The number of benzene rings is 8. The SMILES string of the molecule is C1=CC2c3ccccc3OC2C(n2c3ccccc3c3cc(-c4ccc5oc6cccc(C7N=C(c8ccccc8)NC8=C7c7ccc(-c9ccccc9)cc7C7CCCC87)c6c5c4)ccc32)=C1. The molecule has 5 unspecified atom stereocenters. The monoisotopic (exact) mass is 875 g/mol. The largest absolute Gasteiger partial charge is 0.483 e. The van der Waals surface area contributed by atoms with Crippen LogP contribution in [0.5, 0.6) is 5.75 Å². The first-order valence-corrected chi connectivity index (χ1v) is 24.2. The van der Waals surface area contributed by atoms with Crippen LogP contribution >= 0.6 is 0 Å². The van der Waals surface area contributed by atoms with Crippen LogP contribution in [-0.2, 0) is 0 Å². The van der Waals surface area contributed by atoms with Gasteiger partial charge in [0.2, 0.25) is 0 Å². The fourth-order valence-electron chi connectivity index (χ4n) is 12.7. The van der Waals surface area contributed by atoms with Crippen LogP contribution in [0.4, 0.5) is 0 Å². The first-order valence-electron chi connectivity index (χ1n) is 24.2. The number of allylic oxidation sites excluding steroid dienone is 3. The molecule has 0 spiro atoms. The molecule has 4 heterocycles. The van der Waals surface area contributed by atoms with Gasteiger partial charge in [-0.2, -0.15) is 0 Å². The van der Waals surface area contributed by atoms with Gasteiger partial charge in [-0.3, -0.25) is 4.99 Å². The summed E-state index contributed by atoms with van der Waals surface area (Å²) in [5, 5.41) is 8.66. The Morgan fingerprint density at radius 1 is 0.544 bits per heavy atom. The maximum atomic E-state index is 6.77. The van der Waals surface area contributed by atoms with E-state index in [4.69, 9.17) is 14.1 Å². The van der Waals surface area contributed by atoms with E-state index in [0.717, 1.165) is 62.3 Å². The number of para-hydroxylation sites is 2. The maximum Gasteiger partial charge on any atom is 0.149 e. The molecule has 1 fully saturated rings. The highest BCUT2D eigenvalue weighted by atomic mass is 16.5. The Balaban J connectivity index is 0.888. The number of furan rings is 1. The second-order valence-electron chi connectivity index (χ2n) is 19.2. The lowest BCUT2D eigenvalue weighted by Crippen LogP contribution is -2.37. The van der Waals surface area contributed by atoms with Crippen molar-refractivity contribution in [1.29, 1.82) is 0 Å². The van der Waals surface area contributed by atoms with Crippen LogP contribution in [0.3, 0.4) is 0 Å². The number of aliphatic imine (C=N–C) groups is 1. The average molecular weight is 876 g/mol. The van der Waals surface area contributed by atoms with E-state index in [1.165, 1.54) is 79.3 Å². The van der Waals surface area contributed by atoms with Gasteiger partial charge in [-0.05, 0) is 106 Å². The lowest BCUT2D eigenvalue weighted by atomic mass is 9.71. The number of nitrogens with zero attached hydrogens (tertiary/aromatic N) is 2. The molecule has 5 nitrogen and oxygen atoms in total. The van der Waals surface area contributed by atoms with Crippen molar-refractivity contribution in [3.05, 3.63) is 234 Å². The molecule has 0 saturated heterocycles. The van der Waals surface area contributed by atoms with Crippen LogP contribution in [0, 0.1) is 5.92 Å². The van der Waals surface area contributed by atoms with Gasteiger partial charge in [0, 0.05) is 55.8 Å². The van der Waals surface area contributed by atoms with Crippen molar-refractivity contribution in [2.75, 3.05) is 0 Å². The molecule has 5 aliphatic rings. The lowest BCUT2D eigenvalue weighted by Gasteiger charge is -2.39. The van der Waals surface area contributed by atoms with Crippen molar-refractivity contribution in [2.45, 2.75) is 43.2 Å². The fourth-order valence-corrected chi connectivity index (χ4v) is 12.7. The van der Waals surface area contributed by atoms with Gasteiger partial charge in [0.1, 0.15) is 34.9 Å². The third kappa shape index (κ3) is 5.59. The van der Waals surface area contributed by atoms with Crippen LogP contribution in [0.1, 0.15) is 65.0 Å². The van der Waals surface area contributed by atoms with Gasteiger partial charge in [-0.15, -0.1) is 0 Å². The molecule has 1 N–H and O–H groups in total. The topological polar surface area (TPSA) is 51.7 Å². The van der Waals surface area contributed by atoms with Crippen LogP contribution in [0.15, 0.2) is 215 Å². The highest BCUT2D eigenvalue weighted by Crippen LogP contribution is 2.56. The first-order chi connectivity index (χ1) is 33.7. The van der Waals surface area contributed by atoms with Crippen LogP contribution in [-0.4, -0.2) is 16.5 Å². The summed E-state index contributed by atoms with van der Waals surface area (Å²) in [6.45, 7) is 0. The van der Waals surface area contributed by atoms with Crippen molar-refractivity contribution in [3.63, 3.8) is 0 Å². The highest BCUT2D eigenvalue weighted by molar-refractivity contribution is 6.13. The fraction of sp³-hybridized carbons (Fsp3) is 0.127. The predicted molar refractivity (Wildman–Crippen MR) is 277 cm³/mol. The van der Waals surface area contributed by atoms with Crippen molar-refractivity contribution >= 4 is 60.9 Å². The molecule has 0 amide bonds. The summed E-state index contributed by atoms with van der Waals surface area (Å²) in [6, 6.07) is 65.9. The molecule has 0 bridgehead atoms. The Kier molecular flexibility index (Phi) is 8.20. The number of aromatic nitrogens is 1. The van der Waals surface area contributed by atoms with Gasteiger partial charge in [-0.1, -0.05) is 158 Å². The minimum Gasteiger partial charge on any atom is -0.483 e. The van der Waals surface area contributed by atoms with Crippen LogP contribution in [0.2, 0.25) is 0 Å². The number of fused-ring (bicyclic) bond motifs is 14. The molecule has 68 heavy (non-hydrogen) atoms. The van der Waals surface area contributed by atoms with E-state index >= 15 is 0 Å².